The molecule has 1 aromatic rings. The lowest BCUT2D eigenvalue weighted by Crippen LogP contribution is -2.37. The van der Waals surface area contributed by atoms with Gasteiger partial charge in [0.25, 0.3) is 0 Å². The van der Waals surface area contributed by atoms with E-state index in [1.54, 1.807) is 13.8 Å². The molecule has 0 aliphatic rings. The number of pyridine rings is 1. The van der Waals surface area contributed by atoms with E-state index in [1.807, 2.05) is 0 Å². The number of nitrogens with two attached hydrogens (primary N) is 1. The number of aromatic nitrogens is 1. The fraction of sp³-hybridized carbons (Fsp3) is 0.364. The number of carbonyl (C=O) groups excluding carboxylic acids is 1. The highest BCUT2D eigenvalue weighted by Crippen LogP contribution is 2.20. The Hall–Kier alpha value is -1.63. The normalized spacial score (nSPS) is 11.1. The van der Waals surface area contributed by atoms with Gasteiger partial charge in [0.2, 0.25) is 5.91 Å². The molecule has 0 saturated carbocycles. The van der Waals surface area contributed by atoms with Crippen molar-refractivity contribution in [1.82, 2.24) is 4.98 Å². The summed E-state index contributed by atoms with van der Waals surface area (Å²) < 4.78 is 0.569. The van der Waals surface area contributed by atoms with Crippen LogP contribution in [0.25, 0.3) is 0 Å². The Morgan fingerprint density at radius 3 is 2.67 bits per heavy atom. The van der Waals surface area contributed by atoms with Crippen LogP contribution in [0.3, 0.4) is 0 Å². The SMILES string of the molecule is CC(C)(CNc1ncc(Br)cc1C(=O)O)C(N)=O. The van der Waals surface area contributed by atoms with Crippen molar-refractivity contribution in [2.24, 2.45) is 11.1 Å². The zero-order valence-electron chi connectivity index (χ0n) is 10.0. The van der Waals surface area contributed by atoms with Gasteiger partial charge in [0.05, 0.1) is 5.41 Å². The number of carboxylic acid groups (broad SMARTS) is 1. The number of amides is 1. The Morgan fingerprint density at radius 1 is 1.56 bits per heavy atom. The van der Waals surface area contributed by atoms with Crippen molar-refractivity contribution in [3.05, 3.63) is 22.3 Å². The second-order valence-electron chi connectivity index (χ2n) is 4.46. The average Bonchev–Trinajstić information content (AvgIpc) is 2.27. The number of halogens is 1. The van der Waals surface area contributed by atoms with Crippen molar-refractivity contribution in [2.45, 2.75) is 13.8 Å². The third-order valence-electron chi connectivity index (χ3n) is 2.45. The summed E-state index contributed by atoms with van der Waals surface area (Å²) in [6.07, 6.45) is 1.48. The molecule has 6 nitrogen and oxygen atoms in total. The van der Waals surface area contributed by atoms with Crippen molar-refractivity contribution in [2.75, 3.05) is 11.9 Å². The molecule has 0 atom stereocenters. The van der Waals surface area contributed by atoms with Crippen LogP contribution in [0.5, 0.6) is 0 Å². The number of nitrogens with zero attached hydrogens (tertiary/aromatic N) is 1. The van der Waals surface area contributed by atoms with Crippen LogP contribution < -0.4 is 11.1 Å². The molecule has 1 amide bonds. The summed E-state index contributed by atoms with van der Waals surface area (Å²) in [5.74, 6) is -1.35. The molecular formula is C11H14BrN3O3. The molecule has 18 heavy (non-hydrogen) atoms. The zero-order valence-corrected chi connectivity index (χ0v) is 11.6. The molecule has 0 aliphatic carbocycles. The number of hydrogen-bond donors (Lipinski definition) is 3. The highest BCUT2D eigenvalue weighted by Gasteiger charge is 2.25. The van der Waals surface area contributed by atoms with Gasteiger partial charge < -0.3 is 16.2 Å². The molecule has 1 rings (SSSR count). The van der Waals surface area contributed by atoms with Gasteiger partial charge in [-0.15, -0.1) is 0 Å². The van der Waals surface area contributed by atoms with Gasteiger partial charge in [0, 0.05) is 17.2 Å². The second kappa shape index (κ2) is 5.34. The molecule has 1 aromatic heterocycles. The van der Waals surface area contributed by atoms with Gasteiger partial charge in [-0.2, -0.15) is 0 Å². The lowest BCUT2D eigenvalue weighted by molar-refractivity contribution is -0.125. The Bertz CT molecular complexity index is 488. The molecular weight excluding hydrogens is 302 g/mol. The highest BCUT2D eigenvalue weighted by molar-refractivity contribution is 9.10. The van der Waals surface area contributed by atoms with Crippen LogP contribution in [0.4, 0.5) is 5.82 Å². The summed E-state index contributed by atoms with van der Waals surface area (Å²) in [5, 5.41) is 11.9. The average molecular weight is 316 g/mol. The maximum atomic E-state index is 11.2. The van der Waals surface area contributed by atoms with E-state index in [0.717, 1.165) is 0 Å². The molecule has 0 saturated heterocycles. The first-order valence-corrected chi connectivity index (χ1v) is 5.96. The zero-order chi connectivity index (χ0) is 13.9. The molecule has 4 N–H and O–H groups in total. The number of rotatable bonds is 5. The lowest BCUT2D eigenvalue weighted by Gasteiger charge is -2.21. The lowest BCUT2D eigenvalue weighted by atomic mass is 9.93. The Balaban J connectivity index is 2.92. The van der Waals surface area contributed by atoms with Gasteiger partial charge in [-0.05, 0) is 35.8 Å². The van der Waals surface area contributed by atoms with Crippen molar-refractivity contribution in [3.63, 3.8) is 0 Å². The third-order valence-corrected chi connectivity index (χ3v) is 2.88. The molecule has 0 fully saturated rings. The van der Waals surface area contributed by atoms with Gasteiger partial charge in [0.1, 0.15) is 11.4 Å². The van der Waals surface area contributed by atoms with Crippen LogP contribution in [0, 0.1) is 5.41 Å². The first-order valence-electron chi connectivity index (χ1n) is 5.16. The van der Waals surface area contributed by atoms with Crippen LogP contribution in [0.1, 0.15) is 24.2 Å². The minimum atomic E-state index is -1.09. The van der Waals surface area contributed by atoms with Crippen LogP contribution >= 0.6 is 15.9 Å². The molecule has 0 radical (unpaired) electrons. The van der Waals surface area contributed by atoms with Crippen molar-refractivity contribution in [3.8, 4) is 0 Å². The van der Waals surface area contributed by atoms with Gasteiger partial charge in [0.15, 0.2) is 0 Å². The van der Waals surface area contributed by atoms with Crippen LogP contribution in [0.2, 0.25) is 0 Å². The Kier molecular flexibility index (Phi) is 4.28. The number of hydrogen-bond acceptors (Lipinski definition) is 4. The molecule has 0 spiro atoms. The van der Waals surface area contributed by atoms with E-state index in [-0.39, 0.29) is 17.9 Å². The van der Waals surface area contributed by atoms with Crippen LogP contribution in [0.15, 0.2) is 16.7 Å². The molecule has 1 heterocycles. The van der Waals surface area contributed by atoms with Gasteiger partial charge in [-0.3, -0.25) is 4.79 Å². The molecule has 0 aromatic carbocycles. The van der Waals surface area contributed by atoms with Crippen LogP contribution in [-0.2, 0) is 4.79 Å². The number of nitrogens with one attached hydrogen (secondary N) is 1. The summed E-state index contributed by atoms with van der Waals surface area (Å²) in [6.45, 7) is 3.54. The quantitative estimate of drug-likeness (QED) is 0.763. The second-order valence-corrected chi connectivity index (χ2v) is 5.37. The maximum Gasteiger partial charge on any atom is 0.339 e. The monoisotopic (exact) mass is 315 g/mol. The van der Waals surface area contributed by atoms with Gasteiger partial charge in [-0.25, -0.2) is 9.78 Å². The minimum absolute atomic E-state index is 0.0321. The van der Waals surface area contributed by atoms with Gasteiger partial charge >= 0.3 is 5.97 Å². The van der Waals surface area contributed by atoms with Crippen LogP contribution in [-0.4, -0.2) is 28.5 Å². The molecule has 0 aliphatic heterocycles. The van der Waals surface area contributed by atoms with E-state index in [1.165, 1.54) is 12.3 Å². The van der Waals surface area contributed by atoms with E-state index in [0.29, 0.717) is 4.47 Å². The van der Waals surface area contributed by atoms with Gasteiger partial charge in [-0.1, -0.05) is 0 Å². The number of aromatic carboxylic acids is 1. The van der Waals surface area contributed by atoms with E-state index in [9.17, 15) is 9.59 Å². The summed E-state index contributed by atoms with van der Waals surface area (Å²) in [5.41, 5.74) is 4.48. The topological polar surface area (TPSA) is 105 Å². The van der Waals surface area contributed by atoms with E-state index >= 15 is 0 Å². The Morgan fingerprint density at radius 2 is 2.17 bits per heavy atom. The molecule has 0 bridgehead atoms. The third kappa shape index (κ3) is 3.43. The Labute approximate surface area is 113 Å². The summed E-state index contributed by atoms with van der Waals surface area (Å²) in [4.78, 5) is 26.2. The highest BCUT2D eigenvalue weighted by atomic mass is 79.9. The van der Waals surface area contributed by atoms with Crippen molar-refractivity contribution >= 4 is 33.6 Å². The van der Waals surface area contributed by atoms with Crippen molar-refractivity contribution < 1.29 is 14.7 Å². The molecule has 0 unspecified atom stereocenters. The molecule has 7 heteroatoms. The fourth-order valence-corrected chi connectivity index (χ4v) is 1.47. The smallest absolute Gasteiger partial charge is 0.339 e. The molecule has 98 valence electrons. The first kappa shape index (κ1) is 14.4. The minimum Gasteiger partial charge on any atom is -0.478 e. The standard InChI is InChI=1S/C11H14BrN3O3/c1-11(2,10(13)18)5-15-8-7(9(16)17)3-6(12)4-14-8/h3-4H,5H2,1-2H3,(H2,13,18)(H,14,15)(H,16,17). The number of anilines is 1. The fourth-order valence-electron chi connectivity index (χ4n) is 1.13. The number of primary amides is 1. The largest absolute Gasteiger partial charge is 0.478 e. The van der Waals surface area contributed by atoms with E-state index in [4.69, 9.17) is 10.8 Å². The summed E-state index contributed by atoms with van der Waals surface area (Å²) >= 11 is 3.15. The number of carboxylic acids is 1. The van der Waals surface area contributed by atoms with E-state index in [2.05, 4.69) is 26.2 Å². The van der Waals surface area contributed by atoms with Crippen molar-refractivity contribution in [1.29, 1.82) is 0 Å². The predicted octanol–water partition coefficient (Wildman–Crippen LogP) is 1.47. The number of carbonyl (C=O) groups is 2. The first-order chi connectivity index (χ1) is 8.24. The predicted molar refractivity (Wildman–Crippen MR) is 70.4 cm³/mol. The summed E-state index contributed by atoms with van der Waals surface area (Å²) in [7, 11) is 0. The maximum absolute atomic E-state index is 11.2. The summed E-state index contributed by atoms with van der Waals surface area (Å²) in [6, 6.07) is 1.44. The van der Waals surface area contributed by atoms with E-state index < -0.39 is 17.3 Å².